The summed E-state index contributed by atoms with van der Waals surface area (Å²) in [6.07, 6.45) is 6.28. The van der Waals surface area contributed by atoms with Crippen LogP contribution in [-0.4, -0.2) is 4.57 Å². The van der Waals surface area contributed by atoms with Gasteiger partial charge in [-0.25, -0.2) is 0 Å². The molecule has 0 amide bonds. The van der Waals surface area contributed by atoms with Crippen LogP contribution in [0, 0.1) is 0 Å². The predicted octanol–water partition coefficient (Wildman–Crippen LogP) is 16.5. The topological polar surface area (TPSA) is 8.17 Å². The van der Waals surface area contributed by atoms with E-state index in [4.69, 9.17) is 0 Å². The number of fused-ring (bicyclic) bond motifs is 11. The number of anilines is 3. The van der Waals surface area contributed by atoms with Crippen molar-refractivity contribution >= 4 is 40.1 Å². The van der Waals surface area contributed by atoms with Gasteiger partial charge in [0.2, 0.25) is 0 Å². The summed E-state index contributed by atoms with van der Waals surface area (Å²) in [5, 5.41) is 1.21. The number of nitrogens with zero attached hydrogens (tertiary/aromatic N) is 2. The number of rotatable bonds is 8. The molecular weight excluding hydrogens is 773 g/mol. The van der Waals surface area contributed by atoms with Crippen LogP contribution in [0.1, 0.15) is 40.4 Å². The second kappa shape index (κ2) is 15.0. The zero-order valence-electron chi connectivity index (χ0n) is 35.6. The van der Waals surface area contributed by atoms with Crippen LogP contribution in [-0.2, 0) is 5.41 Å². The molecule has 2 heteroatoms. The highest BCUT2D eigenvalue weighted by Gasteiger charge is 2.51. The Morgan fingerprint density at radius 1 is 0.438 bits per heavy atom. The molecule has 2 nitrogen and oxygen atoms in total. The largest absolute Gasteiger partial charge is 0.310 e. The molecule has 2 aliphatic carbocycles. The summed E-state index contributed by atoms with van der Waals surface area (Å²) >= 11 is 0. The van der Waals surface area contributed by atoms with Crippen LogP contribution < -0.4 is 4.90 Å². The Balaban J connectivity index is 1.03. The summed E-state index contributed by atoms with van der Waals surface area (Å²) in [5.41, 5.74) is 22.6. The maximum atomic E-state index is 4.29. The molecule has 2 aliphatic rings. The zero-order chi connectivity index (χ0) is 42.8. The third kappa shape index (κ3) is 5.52. The number of benzene rings is 9. The summed E-state index contributed by atoms with van der Waals surface area (Å²) in [7, 11) is 0. The van der Waals surface area contributed by atoms with Crippen molar-refractivity contribution in [3.63, 3.8) is 0 Å². The minimum absolute atomic E-state index is 0.439. The van der Waals surface area contributed by atoms with Crippen molar-refractivity contribution in [1.82, 2.24) is 4.57 Å². The van der Waals surface area contributed by atoms with Gasteiger partial charge in [0.1, 0.15) is 0 Å². The van der Waals surface area contributed by atoms with Gasteiger partial charge in [0.15, 0.2) is 0 Å². The Kier molecular flexibility index (Phi) is 8.81. The number of hydrogen-bond donors (Lipinski definition) is 0. The molecule has 0 saturated heterocycles. The maximum absolute atomic E-state index is 4.29. The molecule has 0 bridgehead atoms. The van der Waals surface area contributed by atoms with Crippen molar-refractivity contribution in [1.29, 1.82) is 0 Å². The van der Waals surface area contributed by atoms with Crippen molar-refractivity contribution in [2.75, 3.05) is 4.90 Å². The molecule has 10 aromatic rings. The van der Waals surface area contributed by atoms with Gasteiger partial charge in [-0.1, -0.05) is 189 Å². The smallest absolute Gasteiger partial charge is 0.0726 e. The van der Waals surface area contributed by atoms with Crippen molar-refractivity contribution in [3.8, 4) is 50.2 Å². The summed E-state index contributed by atoms with van der Waals surface area (Å²) in [6, 6.07) is 80.4. The first-order valence-corrected chi connectivity index (χ1v) is 22.2. The normalized spacial score (nSPS) is 12.9. The fourth-order valence-corrected chi connectivity index (χ4v) is 10.9. The Morgan fingerprint density at radius 3 is 1.53 bits per heavy atom. The van der Waals surface area contributed by atoms with Gasteiger partial charge < -0.3 is 9.47 Å². The molecule has 1 aromatic heterocycles. The van der Waals surface area contributed by atoms with Crippen molar-refractivity contribution in [2.24, 2.45) is 0 Å². The highest BCUT2D eigenvalue weighted by atomic mass is 15.1. The van der Waals surface area contributed by atoms with E-state index in [1.165, 1.54) is 66.6 Å². The summed E-state index contributed by atoms with van der Waals surface area (Å²) < 4.78 is 2.36. The zero-order valence-corrected chi connectivity index (χ0v) is 35.6. The summed E-state index contributed by atoms with van der Waals surface area (Å²) in [4.78, 5) is 2.42. The van der Waals surface area contributed by atoms with Gasteiger partial charge in [-0.2, -0.15) is 0 Å². The number of para-hydroxylation sites is 2. The van der Waals surface area contributed by atoms with E-state index >= 15 is 0 Å². The molecule has 302 valence electrons. The van der Waals surface area contributed by atoms with Crippen LogP contribution in [0.5, 0.6) is 0 Å². The lowest BCUT2D eigenvalue weighted by Gasteiger charge is -2.32. The van der Waals surface area contributed by atoms with Crippen LogP contribution >= 0.6 is 0 Å². The third-order valence-corrected chi connectivity index (χ3v) is 13.5. The van der Waals surface area contributed by atoms with Crippen molar-refractivity contribution in [3.05, 3.63) is 265 Å². The summed E-state index contributed by atoms with van der Waals surface area (Å²) in [6.45, 7) is 6.36. The lowest BCUT2D eigenvalue weighted by molar-refractivity contribution is 0.793. The first-order valence-electron chi connectivity index (χ1n) is 22.2. The van der Waals surface area contributed by atoms with E-state index in [-0.39, 0.29) is 0 Å². The number of aromatic nitrogens is 1. The molecule has 0 fully saturated rings. The van der Waals surface area contributed by atoms with E-state index < -0.39 is 5.41 Å². The van der Waals surface area contributed by atoms with Gasteiger partial charge in [0, 0.05) is 33.6 Å². The first-order chi connectivity index (χ1) is 31.7. The fraction of sp³-hybridized carbons (Fsp3) is 0.0323. The van der Waals surface area contributed by atoms with Gasteiger partial charge >= 0.3 is 0 Å². The molecule has 0 atom stereocenters. The molecule has 9 aromatic carbocycles. The molecule has 12 rings (SSSR count). The van der Waals surface area contributed by atoms with Crippen LogP contribution in [0.2, 0.25) is 0 Å². The Bertz CT molecular complexity index is 3390. The average Bonchev–Trinajstić information content (AvgIpc) is 3.96. The third-order valence-electron chi connectivity index (χ3n) is 13.5. The van der Waals surface area contributed by atoms with Crippen molar-refractivity contribution < 1.29 is 0 Å². The quantitative estimate of drug-likeness (QED) is 0.148. The Hall–Kier alpha value is -8.20. The van der Waals surface area contributed by atoms with Gasteiger partial charge in [-0.05, 0) is 123 Å². The van der Waals surface area contributed by atoms with Gasteiger partial charge in [0.25, 0.3) is 0 Å². The van der Waals surface area contributed by atoms with Crippen LogP contribution in [0.15, 0.2) is 231 Å². The Morgan fingerprint density at radius 2 is 0.922 bits per heavy atom. The van der Waals surface area contributed by atoms with Gasteiger partial charge in [0.05, 0.1) is 22.3 Å². The van der Waals surface area contributed by atoms with Crippen molar-refractivity contribution in [2.45, 2.75) is 12.3 Å². The lowest BCUT2D eigenvalue weighted by Crippen LogP contribution is -2.26. The number of allylic oxidation sites excluding steroid dienone is 1. The average molecular weight is 817 g/mol. The van der Waals surface area contributed by atoms with E-state index in [2.05, 4.69) is 254 Å². The van der Waals surface area contributed by atoms with Crippen LogP contribution in [0.3, 0.4) is 0 Å². The molecule has 0 N–H and O–H groups in total. The minimum Gasteiger partial charge on any atom is -0.310 e. The molecule has 1 spiro atoms. The molecule has 64 heavy (non-hydrogen) atoms. The van der Waals surface area contributed by atoms with Gasteiger partial charge in [-0.15, -0.1) is 0 Å². The van der Waals surface area contributed by atoms with E-state index in [9.17, 15) is 0 Å². The predicted molar refractivity (Wildman–Crippen MR) is 270 cm³/mol. The fourth-order valence-electron chi connectivity index (χ4n) is 10.9. The SMILES string of the molecule is C=Cc1c(/C=C\C)c2ccccc2n1-c1ccccc1-c1ccc(N(c2ccc(-c3ccccc3)cc2)c2ccc3c(c2)C2(c4ccccc4-c4ccccc42)c2ccccc2-3)cc1. The van der Waals surface area contributed by atoms with Crippen LogP contribution in [0.25, 0.3) is 73.2 Å². The second-order valence-corrected chi connectivity index (χ2v) is 16.8. The monoisotopic (exact) mass is 816 g/mol. The van der Waals surface area contributed by atoms with E-state index in [1.807, 2.05) is 6.08 Å². The molecule has 0 radical (unpaired) electrons. The van der Waals surface area contributed by atoms with E-state index in [0.29, 0.717) is 0 Å². The van der Waals surface area contributed by atoms with E-state index in [0.717, 1.165) is 45.1 Å². The lowest BCUT2D eigenvalue weighted by atomic mass is 9.70. The highest BCUT2D eigenvalue weighted by molar-refractivity contribution is 5.98. The first kappa shape index (κ1) is 37.6. The molecule has 0 aliphatic heterocycles. The summed E-state index contributed by atoms with van der Waals surface area (Å²) in [5.74, 6) is 0. The van der Waals surface area contributed by atoms with Crippen LogP contribution in [0.4, 0.5) is 17.1 Å². The van der Waals surface area contributed by atoms with E-state index in [1.54, 1.807) is 0 Å². The highest BCUT2D eigenvalue weighted by Crippen LogP contribution is 2.63. The minimum atomic E-state index is -0.439. The molecule has 0 saturated carbocycles. The standard InChI is InChI=1S/C62H44N2/c1-3-18-53-54-25-12-17-30-61(54)64(59(53)4-2)60-29-16-11-21-48(60)44-33-37-46(38-34-44)63(45-35-31-43(32-36-45)42-19-6-5-7-20-42)47-39-40-52-51-24-10-15-28-57(51)62(58(52)41-47)55-26-13-8-22-49(55)50-23-9-14-27-56(50)62/h3-41H,2H2,1H3/b18-3-. The molecule has 0 unspecified atom stereocenters. The Labute approximate surface area is 375 Å². The number of hydrogen-bond acceptors (Lipinski definition) is 1. The molecule has 1 heterocycles. The molecular formula is C62H44N2. The second-order valence-electron chi connectivity index (χ2n) is 16.8. The maximum Gasteiger partial charge on any atom is 0.0726 e. The van der Waals surface area contributed by atoms with Gasteiger partial charge in [-0.3, -0.25) is 0 Å².